The van der Waals surface area contributed by atoms with Gasteiger partial charge in [-0.3, -0.25) is 14.7 Å². The summed E-state index contributed by atoms with van der Waals surface area (Å²) in [5, 5.41) is 0. The number of hydrogen-bond donors (Lipinski definition) is 0. The molecule has 2 aliphatic rings. The third-order valence-electron chi connectivity index (χ3n) is 4.29. The minimum absolute atomic E-state index is 0.186. The molecule has 0 saturated carbocycles. The topological polar surface area (TPSA) is 36.4 Å². The van der Waals surface area contributed by atoms with Gasteiger partial charge in [-0.1, -0.05) is 6.07 Å². The van der Waals surface area contributed by atoms with E-state index in [1.54, 1.807) is 0 Å². The molecule has 1 unspecified atom stereocenters. The lowest BCUT2D eigenvalue weighted by molar-refractivity contribution is -0.137. The Morgan fingerprint density at radius 2 is 2.14 bits per heavy atom. The first-order chi connectivity index (χ1) is 10.3. The molecule has 1 aromatic heterocycles. The van der Waals surface area contributed by atoms with Gasteiger partial charge in [-0.15, -0.1) is 0 Å². The van der Waals surface area contributed by atoms with Gasteiger partial charge in [0.2, 0.25) is 5.91 Å². The SMILES string of the molecule is O=C(C1CCCN(Cc2ccccn2)C1)N1CCSCC1. The number of carbonyl (C=O) groups is 1. The lowest BCUT2D eigenvalue weighted by atomic mass is 9.96. The van der Waals surface area contributed by atoms with Crippen molar-refractivity contribution in [2.45, 2.75) is 19.4 Å². The van der Waals surface area contributed by atoms with Crippen LogP contribution >= 0.6 is 11.8 Å². The lowest BCUT2D eigenvalue weighted by Gasteiger charge is -2.36. The number of likely N-dealkylation sites (tertiary alicyclic amines) is 1. The molecular weight excluding hydrogens is 282 g/mol. The number of pyridine rings is 1. The van der Waals surface area contributed by atoms with Gasteiger partial charge in [0.15, 0.2) is 0 Å². The first-order valence-electron chi connectivity index (χ1n) is 7.82. The zero-order valence-electron chi connectivity index (χ0n) is 12.4. The van der Waals surface area contributed by atoms with Crippen LogP contribution in [0.5, 0.6) is 0 Å². The number of carbonyl (C=O) groups excluding carboxylic acids is 1. The van der Waals surface area contributed by atoms with Crippen LogP contribution in [0.4, 0.5) is 0 Å². The van der Waals surface area contributed by atoms with E-state index in [4.69, 9.17) is 0 Å². The smallest absolute Gasteiger partial charge is 0.227 e. The molecule has 1 aromatic rings. The molecule has 1 amide bonds. The first-order valence-corrected chi connectivity index (χ1v) is 8.97. The quantitative estimate of drug-likeness (QED) is 0.854. The Bertz CT molecular complexity index is 462. The summed E-state index contributed by atoms with van der Waals surface area (Å²) in [5.74, 6) is 2.75. The van der Waals surface area contributed by atoms with E-state index in [0.29, 0.717) is 5.91 Å². The second kappa shape index (κ2) is 7.27. The van der Waals surface area contributed by atoms with Gasteiger partial charge in [0.05, 0.1) is 11.6 Å². The molecule has 2 fully saturated rings. The van der Waals surface area contributed by atoms with Crippen LogP contribution in [-0.4, -0.2) is 58.4 Å². The third kappa shape index (κ3) is 3.98. The Balaban J connectivity index is 1.56. The molecule has 114 valence electrons. The molecule has 3 heterocycles. The van der Waals surface area contributed by atoms with Crippen LogP contribution in [0.3, 0.4) is 0 Å². The molecule has 3 rings (SSSR count). The molecule has 0 N–H and O–H groups in total. The van der Waals surface area contributed by atoms with Crippen molar-refractivity contribution in [3.05, 3.63) is 30.1 Å². The van der Waals surface area contributed by atoms with Crippen LogP contribution in [-0.2, 0) is 11.3 Å². The second-order valence-electron chi connectivity index (χ2n) is 5.83. The molecule has 5 heteroatoms. The molecule has 2 aliphatic heterocycles. The van der Waals surface area contributed by atoms with Gasteiger partial charge in [-0.2, -0.15) is 11.8 Å². The molecule has 0 radical (unpaired) electrons. The highest BCUT2D eigenvalue weighted by atomic mass is 32.2. The minimum Gasteiger partial charge on any atom is -0.341 e. The van der Waals surface area contributed by atoms with Crippen LogP contribution in [0.25, 0.3) is 0 Å². The van der Waals surface area contributed by atoms with Crippen LogP contribution in [0.2, 0.25) is 0 Å². The lowest BCUT2D eigenvalue weighted by Crippen LogP contribution is -2.47. The number of thioether (sulfide) groups is 1. The number of rotatable bonds is 3. The number of aromatic nitrogens is 1. The van der Waals surface area contributed by atoms with E-state index in [1.807, 2.05) is 30.1 Å². The van der Waals surface area contributed by atoms with Crippen molar-refractivity contribution in [3.63, 3.8) is 0 Å². The average molecular weight is 305 g/mol. The number of hydrogen-bond acceptors (Lipinski definition) is 4. The van der Waals surface area contributed by atoms with Crippen LogP contribution in [0, 0.1) is 5.92 Å². The molecule has 2 saturated heterocycles. The van der Waals surface area contributed by atoms with E-state index in [2.05, 4.69) is 20.9 Å². The zero-order valence-corrected chi connectivity index (χ0v) is 13.2. The average Bonchev–Trinajstić information content (AvgIpc) is 2.56. The predicted molar refractivity (Wildman–Crippen MR) is 86.1 cm³/mol. The normalized spacial score (nSPS) is 24.0. The van der Waals surface area contributed by atoms with Gasteiger partial charge >= 0.3 is 0 Å². The van der Waals surface area contributed by atoms with Crippen LogP contribution in [0.1, 0.15) is 18.5 Å². The van der Waals surface area contributed by atoms with Gasteiger partial charge in [0.1, 0.15) is 0 Å². The van der Waals surface area contributed by atoms with E-state index in [9.17, 15) is 4.79 Å². The fourth-order valence-corrected chi connectivity index (χ4v) is 4.07. The van der Waals surface area contributed by atoms with Crippen molar-refractivity contribution in [2.24, 2.45) is 5.92 Å². The predicted octanol–water partition coefficient (Wildman–Crippen LogP) is 1.87. The summed E-state index contributed by atoms with van der Waals surface area (Å²) < 4.78 is 0. The second-order valence-corrected chi connectivity index (χ2v) is 7.06. The maximum Gasteiger partial charge on any atom is 0.227 e. The Labute approximate surface area is 130 Å². The molecule has 0 aromatic carbocycles. The van der Waals surface area contributed by atoms with Crippen molar-refractivity contribution in [2.75, 3.05) is 37.7 Å². The van der Waals surface area contributed by atoms with Crippen LogP contribution < -0.4 is 0 Å². The van der Waals surface area contributed by atoms with Gasteiger partial charge in [0, 0.05) is 43.9 Å². The maximum atomic E-state index is 12.6. The number of amides is 1. The summed E-state index contributed by atoms with van der Waals surface area (Å²) in [5.41, 5.74) is 1.10. The van der Waals surface area contributed by atoms with E-state index in [1.165, 1.54) is 0 Å². The fraction of sp³-hybridized carbons (Fsp3) is 0.625. The summed E-state index contributed by atoms with van der Waals surface area (Å²) in [6.07, 6.45) is 4.00. The van der Waals surface area contributed by atoms with E-state index in [-0.39, 0.29) is 5.92 Å². The molecule has 0 aliphatic carbocycles. The Morgan fingerprint density at radius 3 is 2.90 bits per heavy atom. The van der Waals surface area contributed by atoms with E-state index >= 15 is 0 Å². The molecule has 4 nitrogen and oxygen atoms in total. The summed E-state index contributed by atoms with van der Waals surface area (Å²) in [6.45, 7) is 4.69. The Kier molecular flexibility index (Phi) is 5.14. The maximum absolute atomic E-state index is 12.6. The number of nitrogens with zero attached hydrogens (tertiary/aromatic N) is 3. The van der Waals surface area contributed by atoms with Crippen molar-refractivity contribution in [3.8, 4) is 0 Å². The van der Waals surface area contributed by atoms with Crippen molar-refractivity contribution >= 4 is 17.7 Å². The fourth-order valence-electron chi connectivity index (χ4n) is 3.16. The highest BCUT2D eigenvalue weighted by molar-refractivity contribution is 7.99. The summed E-state index contributed by atoms with van der Waals surface area (Å²) in [6, 6.07) is 6.04. The molecule has 0 spiro atoms. The molecule has 21 heavy (non-hydrogen) atoms. The van der Waals surface area contributed by atoms with E-state index in [0.717, 1.165) is 62.8 Å². The number of piperidine rings is 1. The summed E-state index contributed by atoms with van der Waals surface area (Å²) in [7, 11) is 0. The van der Waals surface area contributed by atoms with Gasteiger partial charge in [-0.05, 0) is 31.5 Å². The van der Waals surface area contributed by atoms with Gasteiger partial charge < -0.3 is 4.90 Å². The zero-order chi connectivity index (χ0) is 14.5. The van der Waals surface area contributed by atoms with Gasteiger partial charge in [-0.25, -0.2) is 0 Å². The molecule has 0 bridgehead atoms. The molecule has 1 atom stereocenters. The monoisotopic (exact) mass is 305 g/mol. The highest BCUT2D eigenvalue weighted by Crippen LogP contribution is 2.22. The van der Waals surface area contributed by atoms with Crippen molar-refractivity contribution in [1.82, 2.24) is 14.8 Å². The molecular formula is C16H23N3OS. The standard InChI is InChI=1S/C16H23N3OS/c20-16(19-8-10-21-11-9-19)14-4-3-7-18(12-14)13-15-5-1-2-6-17-15/h1-2,5-6,14H,3-4,7-13H2. The Hall–Kier alpha value is -1.07. The van der Waals surface area contributed by atoms with E-state index < -0.39 is 0 Å². The largest absolute Gasteiger partial charge is 0.341 e. The van der Waals surface area contributed by atoms with Crippen molar-refractivity contribution in [1.29, 1.82) is 0 Å². The first kappa shape index (κ1) is 14.9. The highest BCUT2D eigenvalue weighted by Gasteiger charge is 2.29. The minimum atomic E-state index is 0.186. The summed E-state index contributed by atoms with van der Waals surface area (Å²) in [4.78, 5) is 21.5. The Morgan fingerprint density at radius 1 is 1.29 bits per heavy atom. The summed E-state index contributed by atoms with van der Waals surface area (Å²) >= 11 is 1.95. The van der Waals surface area contributed by atoms with Crippen LogP contribution in [0.15, 0.2) is 24.4 Å². The van der Waals surface area contributed by atoms with Crippen molar-refractivity contribution < 1.29 is 4.79 Å². The third-order valence-corrected chi connectivity index (χ3v) is 5.23. The van der Waals surface area contributed by atoms with Gasteiger partial charge in [0.25, 0.3) is 0 Å².